The Labute approximate surface area is 97.3 Å². The van der Waals surface area contributed by atoms with Crippen LogP contribution >= 0.6 is 0 Å². The number of carbonyl (C=O) groups is 1. The minimum atomic E-state index is -4.65. The zero-order chi connectivity index (χ0) is 13.1. The summed E-state index contributed by atoms with van der Waals surface area (Å²) in [4.78, 5) is 12.8. The summed E-state index contributed by atoms with van der Waals surface area (Å²) < 4.78 is 41.3. The normalized spacial score (nSPS) is 23.7. The van der Waals surface area contributed by atoms with Gasteiger partial charge in [0.1, 0.15) is 6.04 Å². The van der Waals surface area contributed by atoms with Crippen LogP contribution in [-0.4, -0.2) is 54.0 Å². The highest BCUT2D eigenvalue weighted by Crippen LogP contribution is 2.24. The molecule has 0 aromatic heterocycles. The van der Waals surface area contributed by atoms with E-state index in [2.05, 4.69) is 0 Å². The Morgan fingerprint density at radius 2 is 2.24 bits per heavy atom. The van der Waals surface area contributed by atoms with Crippen molar-refractivity contribution in [3.63, 3.8) is 0 Å². The molecule has 7 heteroatoms. The van der Waals surface area contributed by atoms with Gasteiger partial charge >= 0.3 is 12.1 Å². The smallest absolute Gasteiger partial charge is 0.415 e. The molecule has 17 heavy (non-hydrogen) atoms. The van der Waals surface area contributed by atoms with E-state index in [1.165, 1.54) is 4.90 Å². The van der Waals surface area contributed by atoms with E-state index < -0.39 is 30.8 Å². The molecule has 0 radical (unpaired) electrons. The predicted molar refractivity (Wildman–Crippen MR) is 53.3 cm³/mol. The molecule has 4 nitrogen and oxygen atoms in total. The van der Waals surface area contributed by atoms with Crippen LogP contribution in [0.15, 0.2) is 0 Å². The maximum atomic E-state index is 12.2. The molecule has 1 fully saturated rings. The van der Waals surface area contributed by atoms with Crippen LogP contribution in [0.1, 0.15) is 19.8 Å². The molecular formula is C10H16F3NO3. The van der Waals surface area contributed by atoms with Gasteiger partial charge in [-0.15, -0.1) is 0 Å². The number of halogens is 3. The number of nitrogens with zero attached hydrogens (tertiary/aromatic N) is 1. The average Bonchev–Trinajstić information content (AvgIpc) is 2.64. The highest BCUT2D eigenvalue weighted by atomic mass is 19.4. The van der Waals surface area contributed by atoms with Gasteiger partial charge in [0, 0.05) is 6.54 Å². The first-order chi connectivity index (χ1) is 7.86. The minimum Gasteiger partial charge on any atom is -0.465 e. The van der Waals surface area contributed by atoms with Crippen molar-refractivity contribution in [3.8, 4) is 0 Å². The van der Waals surface area contributed by atoms with Gasteiger partial charge in [-0.05, 0) is 26.3 Å². The van der Waals surface area contributed by atoms with Crippen LogP contribution in [0.2, 0.25) is 0 Å². The van der Waals surface area contributed by atoms with Crippen LogP contribution in [0.3, 0.4) is 0 Å². The number of β-amino-alcohol motifs (C(OH)–C–C–N with tert-alkyl or cyclic N) is 1. The van der Waals surface area contributed by atoms with Gasteiger partial charge in [0.15, 0.2) is 6.10 Å². The third-order valence-electron chi connectivity index (χ3n) is 2.71. The van der Waals surface area contributed by atoms with Crippen molar-refractivity contribution >= 4 is 5.97 Å². The van der Waals surface area contributed by atoms with Crippen molar-refractivity contribution in [1.82, 2.24) is 4.90 Å². The van der Waals surface area contributed by atoms with Gasteiger partial charge in [-0.25, -0.2) is 0 Å². The predicted octanol–water partition coefficient (Wildman–Crippen LogP) is 0.937. The Balaban J connectivity index is 2.55. The average molecular weight is 255 g/mol. The Bertz CT molecular complexity index is 270. The van der Waals surface area contributed by atoms with Crippen molar-refractivity contribution in [2.45, 2.75) is 38.1 Å². The summed E-state index contributed by atoms with van der Waals surface area (Å²) in [7, 11) is 0. The lowest BCUT2D eigenvalue weighted by Crippen LogP contribution is -2.45. The van der Waals surface area contributed by atoms with E-state index in [1.54, 1.807) is 6.92 Å². The van der Waals surface area contributed by atoms with Gasteiger partial charge < -0.3 is 9.84 Å². The highest BCUT2D eigenvalue weighted by molar-refractivity contribution is 5.76. The lowest BCUT2D eigenvalue weighted by molar-refractivity contribution is -0.209. The molecule has 1 aliphatic heterocycles. The molecule has 0 amide bonds. The number of esters is 1. The highest BCUT2D eigenvalue weighted by Gasteiger charge is 2.42. The van der Waals surface area contributed by atoms with Crippen molar-refractivity contribution in [3.05, 3.63) is 0 Å². The van der Waals surface area contributed by atoms with Crippen LogP contribution in [0, 0.1) is 0 Å². The lowest BCUT2D eigenvalue weighted by Gasteiger charge is -2.26. The molecule has 1 rings (SSSR count). The molecule has 2 unspecified atom stereocenters. The largest absolute Gasteiger partial charge is 0.465 e. The minimum absolute atomic E-state index is 0.199. The second kappa shape index (κ2) is 5.68. The van der Waals surface area contributed by atoms with Crippen LogP contribution in [0.25, 0.3) is 0 Å². The fourth-order valence-corrected chi connectivity index (χ4v) is 1.88. The van der Waals surface area contributed by atoms with E-state index in [1.807, 2.05) is 0 Å². The summed E-state index contributed by atoms with van der Waals surface area (Å²) in [6, 6.07) is -0.660. The van der Waals surface area contributed by atoms with Gasteiger partial charge in [0.25, 0.3) is 0 Å². The van der Waals surface area contributed by atoms with E-state index in [9.17, 15) is 18.0 Å². The zero-order valence-corrected chi connectivity index (χ0v) is 9.54. The molecule has 0 aromatic carbocycles. The number of alkyl halides is 3. The molecule has 1 saturated heterocycles. The van der Waals surface area contributed by atoms with E-state index in [0.717, 1.165) is 0 Å². The zero-order valence-electron chi connectivity index (χ0n) is 9.54. The molecule has 0 spiro atoms. The van der Waals surface area contributed by atoms with Crippen molar-refractivity contribution in [2.75, 3.05) is 19.7 Å². The van der Waals surface area contributed by atoms with E-state index in [-0.39, 0.29) is 6.61 Å². The van der Waals surface area contributed by atoms with Gasteiger partial charge in [0.05, 0.1) is 6.61 Å². The Morgan fingerprint density at radius 3 is 2.76 bits per heavy atom. The number of likely N-dealkylation sites (tertiary alicyclic amines) is 1. The summed E-state index contributed by atoms with van der Waals surface area (Å²) in [5.74, 6) is -0.514. The molecule has 0 aromatic rings. The first-order valence-electron chi connectivity index (χ1n) is 5.51. The summed E-state index contributed by atoms with van der Waals surface area (Å²) in [6.45, 7) is 1.64. The first kappa shape index (κ1) is 14.2. The molecule has 0 saturated carbocycles. The quantitative estimate of drug-likeness (QED) is 0.759. The summed E-state index contributed by atoms with van der Waals surface area (Å²) in [6.07, 6.45) is -5.96. The van der Waals surface area contributed by atoms with Gasteiger partial charge in [-0.3, -0.25) is 9.69 Å². The first-order valence-corrected chi connectivity index (χ1v) is 5.51. The maximum absolute atomic E-state index is 12.2. The monoisotopic (exact) mass is 255 g/mol. The second-order valence-electron chi connectivity index (χ2n) is 3.96. The second-order valence-corrected chi connectivity index (χ2v) is 3.96. The molecule has 100 valence electrons. The van der Waals surface area contributed by atoms with Crippen molar-refractivity contribution < 1.29 is 27.8 Å². The molecule has 1 N–H and O–H groups in total. The summed E-state index contributed by atoms with van der Waals surface area (Å²) in [5, 5.41) is 8.96. The maximum Gasteiger partial charge on any atom is 0.415 e. The fraction of sp³-hybridized carbons (Fsp3) is 0.900. The number of hydrogen-bond acceptors (Lipinski definition) is 4. The number of aliphatic hydroxyl groups excluding tert-OH is 1. The standard InChI is InChI=1S/C10H16F3NO3/c1-2-17-9(16)7-4-3-5-14(7)6-8(15)10(11,12)13/h7-8,15H,2-6H2,1H3. The van der Waals surface area contributed by atoms with E-state index >= 15 is 0 Å². The molecule has 1 aliphatic rings. The molecule has 0 aliphatic carbocycles. The molecule has 1 heterocycles. The Morgan fingerprint density at radius 1 is 1.59 bits per heavy atom. The SMILES string of the molecule is CCOC(=O)C1CCCN1CC(O)C(F)(F)F. The Kier molecular flexibility index (Phi) is 4.76. The third kappa shape index (κ3) is 3.85. The molecule has 0 bridgehead atoms. The molecule has 2 atom stereocenters. The van der Waals surface area contributed by atoms with E-state index in [4.69, 9.17) is 9.84 Å². The number of ether oxygens (including phenoxy) is 1. The number of aliphatic hydroxyl groups is 1. The van der Waals surface area contributed by atoms with Crippen LogP contribution in [0.4, 0.5) is 13.2 Å². The fourth-order valence-electron chi connectivity index (χ4n) is 1.88. The van der Waals surface area contributed by atoms with Gasteiger partial charge in [-0.1, -0.05) is 0 Å². The van der Waals surface area contributed by atoms with Crippen molar-refractivity contribution in [1.29, 1.82) is 0 Å². The number of rotatable bonds is 4. The topological polar surface area (TPSA) is 49.8 Å². The van der Waals surface area contributed by atoms with Crippen molar-refractivity contribution in [2.24, 2.45) is 0 Å². The van der Waals surface area contributed by atoms with Crippen LogP contribution in [0.5, 0.6) is 0 Å². The molecular weight excluding hydrogens is 239 g/mol. The van der Waals surface area contributed by atoms with Gasteiger partial charge in [0.2, 0.25) is 0 Å². The van der Waals surface area contributed by atoms with Crippen LogP contribution in [-0.2, 0) is 9.53 Å². The number of carbonyl (C=O) groups excluding carboxylic acids is 1. The van der Waals surface area contributed by atoms with Gasteiger partial charge in [-0.2, -0.15) is 13.2 Å². The summed E-state index contributed by atoms with van der Waals surface area (Å²) in [5.41, 5.74) is 0. The lowest BCUT2D eigenvalue weighted by atomic mass is 10.2. The van der Waals surface area contributed by atoms with E-state index in [0.29, 0.717) is 19.4 Å². The third-order valence-corrected chi connectivity index (χ3v) is 2.71. The Hall–Kier alpha value is -0.820. The number of hydrogen-bond donors (Lipinski definition) is 1. The summed E-state index contributed by atoms with van der Waals surface area (Å²) >= 11 is 0. The van der Waals surface area contributed by atoms with Crippen LogP contribution < -0.4 is 0 Å².